The fourth-order valence-corrected chi connectivity index (χ4v) is 4.93. The smallest absolute Gasteiger partial charge is 0.410 e. The van der Waals surface area contributed by atoms with Crippen molar-refractivity contribution in [2.75, 3.05) is 56.2 Å². The number of carbonyl (C=O) groups is 1. The maximum atomic E-state index is 12.5. The third-order valence-corrected chi connectivity index (χ3v) is 6.95. The van der Waals surface area contributed by atoms with E-state index in [4.69, 9.17) is 30.8 Å². The molecule has 0 N–H and O–H groups in total. The lowest BCUT2D eigenvalue weighted by Crippen LogP contribution is -2.39. The standard InChI is InChI=1S/C27H33ClN6O4/c1-27(2,3)38-26(35)34-10-9-18(16-34)32(4)23-8-6-21-24(31-23)25(30-17-29-21)37-19-5-7-22(20(28)15-19)33-11-13-36-14-12-33/h5-8,15,17-18H,9-14,16H2,1-4H3. The first-order chi connectivity index (χ1) is 18.2. The van der Waals surface area contributed by atoms with E-state index >= 15 is 0 Å². The van der Waals surface area contributed by atoms with Gasteiger partial charge in [0.2, 0.25) is 5.88 Å². The Balaban J connectivity index is 1.33. The van der Waals surface area contributed by atoms with Crippen LogP contribution in [0.1, 0.15) is 27.2 Å². The number of amides is 1. The zero-order chi connectivity index (χ0) is 26.9. The van der Waals surface area contributed by atoms with Crippen LogP contribution in [0.5, 0.6) is 11.6 Å². The summed E-state index contributed by atoms with van der Waals surface area (Å²) >= 11 is 6.60. The Kier molecular flexibility index (Phi) is 7.45. The highest BCUT2D eigenvalue weighted by molar-refractivity contribution is 6.33. The molecular formula is C27H33ClN6O4. The number of rotatable bonds is 5. The molecule has 4 heterocycles. The van der Waals surface area contributed by atoms with E-state index in [9.17, 15) is 4.79 Å². The Morgan fingerprint density at radius 2 is 1.92 bits per heavy atom. The van der Waals surface area contributed by atoms with Crippen molar-refractivity contribution in [2.24, 2.45) is 0 Å². The highest BCUT2D eigenvalue weighted by Gasteiger charge is 2.32. The van der Waals surface area contributed by atoms with Gasteiger partial charge in [-0.1, -0.05) is 11.6 Å². The van der Waals surface area contributed by atoms with Crippen LogP contribution >= 0.6 is 11.6 Å². The van der Waals surface area contributed by atoms with Crippen molar-refractivity contribution in [3.05, 3.63) is 41.7 Å². The number of halogens is 1. The molecule has 1 atom stereocenters. The molecule has 1 aromatic carbocycles. The molecule has 10 nitrogen and oxygen atoms in total. The number of hydrogen-bond acceptors (Lipinski definition) is 9. The van der Waals surface area contributed by atoms with Crippen LogP contribution in [0.15, 0.2) is 36.7 Å². The molecule has 2 aromatic heterocycles. The second-order valence-corrected chi connectivity index (χ2v) is 10.9. The summed E-state index contributed by atoms with van der Waals surface area (Å²) < 4.78 is 17.1. The van der Waals surface area contributed by atoms with E-state index < -0.39 is 5.60 Å². The second-order valence-electron chi connectivity index (χ2n) is 10.5. The number of likely N-dealkylation sites (N-methyl/N-ethyl adjacent to an activating group) is 1. The number of aromatic nitrogens is 3. The molecule has 1 unspecified atom stereocenters. The molecule has 0 aliphatic carbocycles. The minimum absolute atomic E-state index is 0.105. The van der Waals surface area contributed by atoms with Crippen LogP contribution in [0.25, 0.3) is 11.0 Å². The summed E-state index contributed by atoms with van der Waals surface area (Å²) in [6.45, 7) is 9.78. The van der Waals surface area contributed by atoms with E-state index in [2.05, 4.69) is 19.8 Å². The fourth-order valence-electron chi connectivity index (χ4n) is 4.64. The molecule has 11 heteroatoms. The van der Waals surface area contributed by atoms with E-state index in [1.165, 1.54) is 6.33 Å². The predicted octanol–water partition coefficient (Wildman–Crippen LogP) is 4.75. The van der Waals surface area contributed by atoms with Gasteiger partial charge in [0.25, 0.3) is 0 Å². The number of hydrogen-bond donors (Lipinski definition) is 0. The van der Waals surface area contributed by atoms with Gasteiger partial charge in [0.05, 0.1) is 29.4 Å². The van der Waals surface area contributed by atoms with Crippen LogP contribution in [-0.4, -0.2) is 84.0 Å². The van der Waals surface area contributed by atoms with Crippen molar-refractivity contribution in [3.8, 4) is 11.6 Å². The van der Waals surface area contributed by atoms with Crippen LogP contribution in [0, 0.1) is 0 Å². The van der Waals surface area contributed by atoms with Crippen molar-refractivity contribution < 1.29 is 19.0 Å². The van der Waals surface area contributed by atoms with E-state index in [0.29, 0.717) is 54.0 Å². The summed E-state index contributed by atoms with van der Waals surface area (Å²) in [4.78, 5) is 32.1. The van der Waals surface area contributed by atoms with Gasteiger partial charge in [-0.25, -0.2) is 14.8 Å². The average Bonchev–Trinajstić information content (AvgIpc) is 3.39. The number of nitrogens with zero attached hydrogens (tertiary/aromatic N) is 6. The van der Waals surface area contributed by atoms with Gasteiger partial charge in [-0.2, -0.15) is 4.98 Å². The lowest BCUT2D eigenvalue weighted by Gasteiger charge is -2.29. The first kappa shape index (κ1) is 26.2. The van der Waals surface area contributed by atoms with Gasteiger partial charge >= 0.3 is 6.09 Å². The summed E-state index contributed by atoms with van der Waals surface area (Å²) in [6.07, 6.45) is 1.99. The van der Waals surface area contributed by atoms with Crippen LogP contribution in [0.4, 0.5) is 16.3 Å². The lowest BCUT2D eigenvalue weighted by molar-refractivity contribution is 0.0292. The summed E-state index contributed by atoms with van der Waals surface area (Å²) in [5.74, 6) is 1.66. The molecule has 0 radical (unpaired) electrons. The highest BCUT2D eigenvalue weighted by atomic mass is 35.5. The summed E-state index contributed by atoms with van der Waals surface area (Å²) in [5, 5.41) is 0.604. The van der Waals surface area contributed by atoms with Crippen molar-refractivity contribution >= 4 is 40.2 Å². The fraction of sp³-hybridized carbons (Fsp3) is 0.481. The number of benzene rings is 1. The van der Waals surface area contributed by atoms with Crippen molar-refractivity contribution in [2.45, 2.75) is 38.8 Å². The summed E-state index contributed by atoms with van der Waals surface area (Å²) in [6, 6.07) is 9.55. The summed E-state index contributed by atoms with van der Waals surface area (Å²) in [5.41, 5.74) is 1.65. The molecule has 2 aliphatic heterocycles. The Labute approximate surface area is 227 Å². The molecule has 5 rings (SSSR count). The number of likely N-dealkylation sites (tertiary alicyclic amines) is 1. The quantitative estimate of drug-likeness (QED) is 0.454. The third-order valence-electron chi connectivity index (χ3n) is 6.64. The number of carbonyl (C=O) groups excluding carboxylic acids is 1. The normalized spacial score (nSPS) is 18.1. The number of anilines is 2. The van der Waals surface area contributed by atoms with Gasteiger partial charge in [-0.3, -0.25) is 0 Å². The van der Waals surface area contributed by atoms with Crippen LogP contribution in [0.2, 0.25) is 5.02 Å². The molecule has 2 aliphatic rings. The van der Waals surface area contributed by atoms with E-state index in [-0.39, 0.29) is 12.1 Å². The maximum Gasteiger partial charge on any atom is 0.410 e. The molecule has 38 heavy (non-hydrogen) atoms. The minimum Gasteiger partial charge on any atom is -0.444 e. The van der Waals surface area contributed by atoms with Gasteiger partial charge in [-0.05, 0) is 51.5 Å². The van der Waals surface area contributed by atoms with Crippen molar-refractivity contribution in [1.29, 1.82) is 0 Å². The predicted molar refractivity (Wildman–Crippen MR) is 147 cm³/mol. The SMILES string of the molecule is CN(c1ccc2ncnc(Oc3ccc(N4CCOCC4)c(Cl)c3)c2n1)C1CCN(C(=O)OC(C)(C)C)C1. The van der Waals surface area contributed by atoms with Gasteiger partial charge in [0.1, 0.15) is 23.5 Å². The Bertz CT molecular complexity index is 1310. The van der Waals surface area contributed by atoms with Gasteiger partial charge in [0.15, 0.2) is 5.52 Å². The van der Waals surface area contributed by atoms with E-state index in [0.717, 1.165) is 31.0 Å². The largest absolute Gasteiger partial charge is 0.444 e. The van der Waals surface area contributed by atoms with Crippen LogP contribution in [0.3, 0.4) is 0 Å². The maximum absolute atomic E-state index is 12.5. The number of pyridine rings is 1. The molecule has 2 saturated heterocycles. The molecule has 0 bridgehead atoms. The molecule has 2 fully saturated rings. The molecular weight excluding hydrogens is 508 g/mol. The van der Waals surface area contributed by atoms with Gasteiger partial charge in [-0.15, -0.1) is 0 Å². The van der Waals surface area contributed by atoms with Crippen LogP contribution in [-0.2, 0) is 9.47 Å². The molecule has 1 amide bonds. The topological polar surface area (TPSA) is 93.1 Å². The lowest BCUT2D eigenvalue weighted by atomic mass is 10.2. The zero-order valence-electron chi connectivity index (χ0n) is 22.2. The van der Waals surface area contributed by atoms with E-state index in [1.807, 2.05) is 52.1 Å². The molecule has 0 spiro atoms. The molecule has 0 saturated carbocycles. The minimum atomic E-state index is -0.523. The highest BCUT2D eigenvalue weighted by Crippen LogP contribution is 2.34. The Morgan fingerprint density at radius 1 is 1.13 bits per heavy atom. The zero-order valence-corrected chi connectivity index (χ0v) is 22.9. The monoisotopic (exact) mass is 540 g/mol. The van der Waals surface area contributed by atoms with Crippen molar-refractivity contribution in [3.63, 3.8) is 0 Å². The van der Waals surface area contributed by atoms with Crippen LogP contribution < -0.4 is 14.5 Å². The Morgan fingerprint density at radius 3 is 2.66 bits per heavy atom. The van der Waals surface area contributed by atoms with E-state index in [1.54, 1.807) is 11.0 Å². The van der Waals surface area contributed by atoms with Gasteiger partial charge < -0.3 is 28.9 Å². The first-order valence-electron chi connectivity index (χ1n) is 12.8. The average molecular weight is 541 g/mol. The summed E-state index contributed by atoms with van der Waals surface area (Å²) in [7, 11) is 1.98. The van der Waals surface area contributed by atoms with Crippen molar-refractivity contribution in [1.82, 2.24) is 19.9 Å². The second kappa shape index (κ2) is 10.8. The number of ether oxygens (including phenoxy) is 3. The molecule has 202 valence electrons. The van der Waals surface area contributed by atoms with Gasteiger partial charge in [0, 0.05) is 45.3 Å². The number of morpholine rings is 1. The molecule has 3 aromatic rings. The first-order valence-corrected chi connectivity index (χ1v) is 13.2. The Hall–Kier alpha value is -3.37. The number of fused-ring (bicyclic) bond motifs is 1. The third kappa shape index (κ3) is 5.86.